The number of thioether (sulfide) groups is 1. The van der Waals surface area contributed by atoms with E-state index in [4.69, 9.17) is 0 Å². The molecule has 0 fully saturated rings. The zero-order valence-electron chi connectivity index (χ0n) is 11.3. The van der Waals surface area contributed by atoms with Gasteiger partial charge in [0.1, 0.15) is 0 Å². The highest BCUT2D eigenvalue weighted by Gasteiger charge is 2.07. The van der Waals surface area contributed by atoms with Crippen LogP contribution in [0.2, 0.25) is 0 Å². The fourth-order valence-electron chi connectivity index (χ4n) is 1.87. The molecular weight excluding hydrogens is 226 g/mol. The summed E-state index contributed by atoms with van der Waals surface area (Å²) in [4.78, 5) is 0. The van der Waals surface area contributed by atoms with Crippen LogP contribution in [0.3, 0.4) is 0 Å². The second-order valence-electron chi connectivity index (χ2n) is 4.58. The molecule has 2 heteroatoms. The van der Waals surface area contributed by atoms with Crippen molar-refractivity contribution in [3.8, 4) is 0 Å². The van der Waals surface area contributed by atoms with Crippen molar-refractivity contribution in [2.24, 2.45) is 0 Å². The predicted molar refractivity (Wildman–Crippen MR) is 79.8 cm³/mol. The third-order valence-corrected chi connectivity index (χ3v) is 4.24. The molecule has 1 aromatic rings. The van der Waals surface area contributed by atoms with Crippen molar-refractivity contribution in [2.45, 2.75) is 44.4 Å². The largest absolute Gasteiger partial charge is 0.314 e. The maximum absolute atomic E-state index is 3.67. The summed E-state index contributed by atoms with van der Waals surface area (Å²) >= 11 is 1.95. The Balaban J connectivity index is 2.29. The first-order valence-electron chi connectivity index (χ1n) is 6.56. The minimum atomic E-state index is 0.617. The molecule has 1 N–H and O–H groups in total. The van der Waals surface area contributed by atoms with Gasteiger partial charge < -0.3 is 5.32 Å². The normalized spacial score (nSPS) is 14.5. The van der Waals surface area contributed by atoms with Gasteiger partial charge in [0.25, 0.3) is 0 Å². The SMILES string of the molecule is CCC(Cc1ccccc1)NCCC(C)SC. The van der Waals surface area contributed by atoms with Crippen LogP contribution in [0.25, 0.3) is 0 Å². The Hall–Kier alpha value is -0.470. The number of nitrogens with one attached hydrogen (secondary N) is 1. The molecule has 1 aromatic carbocycles. The molecule has 0 aromatic heterocycles. The standard InChI is InChI=1S/C15H25NS/c1-4-15(16-11-10-13(2)17-3)12-14-8-6-5-7-9-14/h5-9,13,15-16H,4,10-12H2,1-3H3. The van der Waals surface area contributed by atoms with Crippen LogP contribution < -0.4 is 5.32 Å². The number of hydrogen-bond donors (Lipinski definition) is 1. The summed E-state index contributed by atoms with van der Waals surface area (Å²) in [7, 11) is 0. The van der Waals surface area contributed by atoms with E-state index in [1.54, 1.807) is 0 Å². The first kappa shape index (κ1) is 14.6. The van der Waals surface area contributed by atoms with E-state index in [1.165, 1.54) is 18.4 Å². The first-order valence-corrected chi connectivity index (χ1v) is 7.85. The smallest absolute Gasteiger partial charge is 0.0105 e. The lowest BCUT2D eigenvalue weighted by molar-refractivity contribution is 0.488. The predicted octanol–water partition coefficient (Wildman–Crippen LogP) is 3.74. The monoisotopic (exact) mass is 251 g/mol. The van der Waals surface area contributed by atoms with Crippen LogP contribution in [0.4, 0.5) is 0 Å². The second-order valence-corrected chi connectivity index (χ2v) is 5.86. The second kappa shape index (κ2) is 8.60. The van der Waals surface area contributed by atoms with E-state index in [2.05, 4.69) is 55.8 Å². The molecule has 17 heavy (non-hydrogen) atoms. The van der Waals surface area contributed by atoms with Gasteiger partial charge in [-0.2, -0.15) is 11.8 Å². The molecule has 2 atom stereocenters. The van der Waals surface area contributed by atoms with Crippen molar-refractivity contribution in [1.29, 1.82) is 0 Å². The molecule has 2 unspecified atom stereocenters. The highest BCUT2D eigenvalue weighted by atomic mass is 32.2. The van der Waals surface area contributed by atoms with Gasteiger partial charge in [-0.3, -0.25) is 0 Å². The Morgan fingerprint density at radius 3 is 2.53 bits per heavy atom. The van der Waals surface area contributed by atoms with E-state index in [0.29, 0.717) is 6.04 Å². The van der Waals surface area contributed by atoms with Crippen molar-refractivity contribution in [2.75, 3.05) is 12.8 Å². The van der Waals surface area contributed by atoms with Crippen LogP contribution >= 0.6 is 11.8 Å². The average Bonchev–Trinajstić information content (AvgIpc) is 2.38. The zero-order valence-corrected chi connectivity index (χ0v) is 12.1. The number of hydrogen-bond acceptors (Lipinski definition) is 2. The van der Waals surface area contributed by atoms with Crippen LogP contribution in [0.5, 0.6) is 0 Å². The van der Waals surface area contributed by atoms with Crippen LogP contribution in [0.15, 0.2) is 30.3 Å². The van der Waals surface area contributed by atoms with Crippen LogP contribution in [0, 0.1) is 0 Å². The van der Waals surface area contributed by atoms with Crippen molar-refractivity contribution >= 4 is 11.8 Å². The molecular formula is C15H25NS. The molecule has 96 valence electrons. The Bertz CT molecular complexity index is 286. The maximum Gasteiger partial charge on any atom is 0.0105 e. The van der Waals surface area contributed by atoms with Crippen molar-refractivity contribution < 1.29 is 0 Å². The molecule has 0 aliphatic heterocycles. The molecule has 1 nitrogen and oxygen atoms in total. The van der Waals surface area contributed by atoms with Crippen LogP contribution in [-0.4, -0.2) is 24.1 Å². The zero-order chi connectivity index (χ0) is 12.5. The van der Waals surface area contributed by atoms with E-state index < -0.39 is 0 Å². The molecule has 0 heterocycles. The molecule has 0 spiro atoms. The van der Waals surface area contributed by atoms with Crippen LogP contribution in [0.1, 0.15) is 32.3 Å². The van der Waals surface area contributed by atoms with Gasteiger partial charge in [-0.15, -0.1) is 0 Å². The van der Waals surface area contributed by atoms with E-state index in [-0.39, 0.29) is 0 Å². The van der Waals surface area contributed by atoms with Gasteiger partial charge in [0.15, 0.2) is 0 Å². The van der Waals surface area contributed by atoms with Gasteiger partial charge in [-0.25, -0.2) is 0 Å². The van der Waals surface area contributed by atoms with Crippen LogP contribution in [-0.2, 0) is 6.42 Å². The van der Waals surface area contributed by atoms with Gasteiger partial charge in [0.05, 0.1) is 0 Å². The summed E-state index contributed by atoms with van der Waals surface area (Å²) in [5.41, 5.74) is 1.43. The molecule has 0 saturated carbocycles. The Kier molecular flexibility index (Phi) is 7.38. The summed E-state index contributed by atoms with van der Waals surface area (Å²) in [6.07, 6.45) is 5.78. The number of benzene rings is 1. The van der Waals surface area contributed by atoms with Crippen molar-refractivity contribution in [1.82, 2.24) is 5.32 Å². The summed E-state index contributed by atoms with van der Waals surface area (Å²) in [6.45, 7) is 5.69. The minimum absolute atomic E-state index is 0.617. The fraction of sp³-hybridized carbons (Fsp3) is 0.600. The molecule has 0 radical (unpaired) electrons. The molecule has 1 rings (SSSR count). The Morgan fingerprint density at radius 1 is 1.24 bits per heavy atom. The Labute approximate surface area is 110 Å². The third-order valence-electron chi connectivity index (χ3n) is 3.20. The maximum atomic E-state index is 3.67. The van der Waals surface area contributed by atoms with Crippen molar-refractivity contribution in [3.63, 3.8) is 0 Å². The quantitative estimate of drug-likeness (QED) is 0.755. The topological polar surface area (TPSA) is 12.0 Å². The van der Waals surface area contributed by atoms with Gasteiger partial charge in [0, 0.05) is 11.3 Å². The molecule has 0 bridgehead atoms. The van der Waals surface area contributed by atoms with Gasteiger partial charge in [0.2, 0.25) is 0 Å². The fourth-order valence-corrected chi connectivity index (χ4v) is 2.22. The van der Waals surface area contributed by atoms with E-state index in [0.717, 1.165) is 18.2 Å². The lowest BCUT2D eigenvalue weighted by atomic mass is 10.0. The molecule has 0 aliphatic carbocycles. The molecule has 0 aliphatic rings. The summed E-state index contributed by atoms with van der Waals surface area (Å²) in [6, 6.07) is 11.4. The average molecular weight is 251 g/mol. The van der Waals surface area contributed by atoms with Gasteiger partial charge >= 0.3 is 0 Å². The van der Waals surface area contributed by atoms with E-state index in [9.17, 15) is 0 Å². The lowest BCUT2D eigenvalue weighted by Crippen LogP contribution is -2.32. The summed E-state index contributed by atoms with van der Waals surface area (Å²) < 4.78 is 0. The summed E-state index contributed by atoms with van der Waals surface area (Å²) in [5.74, 6) is 0. The van der Waals surface area contributed by atoms with E-state index >= 15 is 0 Å². The van der Waals surface area contributed by atoms with Crippen molar-refractivity contribution in [3.05, 3.63) is 35.9 Å². The minimum Gasteiger partial charge on any atom is -0.314 e. The highest BCUT2D eigenvalue weighted by Crippen LogP contribution is 2.09. The number of rotatable bonds is 8. The van der Waals surface area contributed by atoms with Gasteiger partial charge in [-0.1, -0.05) is 44.2 Å². The third kappa shape index (κ3) is 6.13. The van der Waals surface area contributed by atoms with Gasteiger partial charge in [-0.05, 0) is 37.6 Å². The highest BCUT2D eigenvalue weighted by molar-refractivity contribution is 7.99. The lowest BCUT2D eigenvalue weighted by Gasteiger charge is -2.18. The Morgan fingerprint density at radius 2 is 1.94 bits per heavy atom. The summed E-state index contributed by atoms with van der Waals surface area (Å²) in [5, 5.41) is 4.43. The first-order chi connectivity index (χ1) is 8.26. The molecule has 0 amide bonds. The molecule has 0 saturated heterocycles. The van der Waals surface area contributed by atoms with E-state index in [1.807, 2.05) is 11.8 Å².